The predicted molar refractivity (Wildman–Crippen MR) is 133 cm³/mol. The zero-order chi connectivity index (χ0) is 24.5. The molecule has 2 aromatic carbocycles. The lowest BCUT2D eigenvalue weighted by molar-refractivity contribution is -0.128. The SMILES string of the molecule is CC(C)C(NC(=O)COc1ccccc1)C(=O)Nc1ccc(C(=O)N(C)C2CCCCC2)cc1. The van der Waals surface area contributed by atoms with Gasteiger partial charge in [0.05, 0.1) is 0 Å². The molecule has 7 nitrogen and oxygen atoms in total. The van der Waals surface area contributed by atoms with Gasteiger partial charge in [-0.1, -0.05) is 51.3 Å². The number of carbonyl (C=O) groups is 3. The van der Waals surface area contributed by atoms with Crippen molar-refractivity contribution in [3.8, 4) is 5.75 Å². The van der Waals surface area contributed by atoms with Crippen molar-refractivity contribution in [1.82, 2.24) is 10.2 Å². The van der Waals surface area contributed by atoms with Gasteiger partial charge in [-0.15, -0.1) is 0 Å². The van der Waals surface area contributed by atoms with Crippen LogP contribution in [0.15, 0.2) is 54.6 Å². The maximum Gasteiger partial charge on any atom is 0.258 e. The number of carbonyl (C=O) groups excluding carboxylic acids is 3. The van der Waals surface area contributed by atoms with Crippen LogP contribution in [-0.2, 0) is 9.59 Å². The molecule has 2 aromatic rings. The van der Waals surface area contributed by atoms with Gasteiger partial charge in [0.2, 0.25) is 5.91 Å². The van der Waals surface area contributed by atoms with Crippen molar-refractivity contribution < 1.29 is 19.1 Å². The summed E-state index contributed by atoms with van der Waals surface area (Å²) in [6, 6.07) is 15.5. The minimum atomic E-state index is -0.717. The summed E-state index contributed by atoms with van der Waals surface area (Å²) < 4.78 is 5.47. The van der Waals surface area contributed by atoms with E-state index in [9.17, 15) is 14.4 Å². The molecule has 1 fully saturated rings. The molecular formula is C27H35N3O4. The monoisotopic (exact) mass is 465 g/mol. The Kier molecular flexibility index (Phi) is 9.08. The lowest BCUT2D eigenvalue weighted by atomic mass is 9.94. The van der Waals surface area contributed by atoms with E-state index >= 15 is 0 Å². The van der Waals surface area contributed by atoms with Crippen LogP contribution in [0.1, 0.15) is 56.3 Å². The Labute approximate surface area is 201 Å². The van der Waals surface area contributed by atoms with Gasteiger partial charge >= 0.3 is 0 Å². The third kappa shape index (κ3) is 7.07. The average molecular weight is 466 g/mol. The first kappa shape index (κ1) is 25.3. The molecule has 182 valence electrons. The van der Waals surface area contributed by atoms with E-state index < -0.39 is 6.04 Å². The van der Waals surface area contributed by atoms with E-state index in [0.29, 0.717) is 23.0 Å². The summed E-state index contributed by atoms with van der Waals surface area (Å²) in [6.45, 7) is 3.56. The number of amides is 3. The lowest BCUT2D eigenvalue weighted by Crippen LogP contribution is -2.48. The summed E-state index contributed by atoms with van der Waals surface area (Å²) in [7, 11) is 1.87. The molecule has 1 atom stereocenters. The second kappa shape index (κ2) is 12.2. The first-order valence-electron chi connectivity index (χ1n) is 12.0. The van der Waals surface area contributed by atoms with Crippen molar-refractivity contribution in [2.45, 2.75) is 58.0 Å². The summed E-state index contributed by atoms with van der Waals surface area (Å²) in [5.41, 5.74) is 1.17. The van der Waals surface area contributed by atoms with Gasteiger partial charge < -0.3 is 20.3 Å². The fraction of sp³-hybridized carbons (Fsp3) is 0.444. The molecule has 34 heavy (non-hydrogen) atoms. The van der Waals surface area contributed by atoms with Gasteiger partial charge in [-0.25, -0.2) is 0 Å². The number of nitrogens with zero attached hydrogens (tertiary/aromatic N) is 1. The Hall–Kier alpha value is -3.35. The summed E-state index contributed by atoms with van der Waals surface area (Å²) >= 11 is 0. The summed E-state index contributed by atoms with van der Waals surface area (Å²) in [5, 5.41) is 5.59. The highest BCUT2D eigenvalue weighted by Gasteiger charge is 2.25. The van der Waals surface area contributed by atoms with E-state index in [1.54, 1.807) is 36.4 Å². The highest BCUT2D eigenvalue weighted by atomic mass is 16.5. The molecular weight excluding hydrogens is 430 g/mol. The lowest BCUT2D eigenvalue weighted by Gasteiger charge is -2.31. The highest BCUT2D eigenvalue weighted by Crippen LogP contribution is 2.23. The van der Waals surface area contributed by atoms with Crippen molar-refractivity contribution in [1.29, 1.82) is 0 Å². The van der Waals surface area contributed by atoms with Crippen LogP contribution < -0.4 is 15.4 Å². The average Bonchev–Trinajstić information content (AvgIpc) is 2.86. The fourth-order valence-electron chi connectivity index (χ4n) is 4.17. The fourth-order valence-corrected chi connectivity index (χ4v) is 4.17. The first-order chi connectivity index (χ1) is 16.3. The topological polar surface area (TPSA) is 87.7 Å². The van der Waals surface area contributed by atoms with Crippen LogP contribution in [0.5, 0.6) is 5.75 Å². The molecule has 7 heteroatoms. The summed E-state index contributed by atoms with van der Waals surface area (Å²) in [4.78, 5) is 39.9. The van der Waals surface area contributed by atoms with Gasteiger partial charge in [-0.3, -0.25) is 14.4 Å². The van der Waals surface area contributed by atoms with Crippen LogP contribution in [0.4, 0.5) is 5.69 Å². The van der Waals surface area contributed by atoms with Crippen LogP contribution >= 0.6 is 0 Å². The second-order valence-corrected chi connectivity index (χ2v) is 9.17. The summed E-state index contributed by atoms with van der Waals surface area (Å²) in [6.07, 6.45) is 5.67. The number of ether oxygens (including phenoxy) is 1. The first-order valence-corrected chi connectivity index (χ1v) is 12.0. The zero-order valence-corrected chi connectivity index (χ0v) is 20.3. The van der Waals surface area contributed by atoms with E-state index in [0.717, 1.165) is 12.8 Å². The van der Waals surface area contributed by atoms with E-state index in [4.69, 9.17) is 4.74 Å². The van der Waals surface area contributed by atoms with Crippen molar-refractivity contribution in [2.24, 2.45) is 5.92 Å². The van der Waals surface area contributed by atoms with Crippen molar-refractivity contribution in [2.75, 3.05) is 19.0 Å². The van der Waals surface area contributed by atoms with Gasteiger partial charge in [0.15, 0.2) is 6.61 Å². The number of benzene rings is 2. The standard InChI is InChI=1S/C27H35N3O4/c1-19(2)25(29-24(31)18-34-23-12-8-5-9-13-23)26(32)28-21-16-14-20(15-17-21)27(33)30(3)22-10-6-4-7-11-22/h5,8-9,12-17,19,22,25H,4,6-7,10-11,18H2,1-3H3,(H,28,32)(H,29,31). The molecule has 3 amide bonds. The van der Waals surface area contributed by atoms with E-state index in [1.165, 1.54) is 19.3 Å². The molecule has 0 saturated heterocycles. The maximum absolute atomic E-state index is 12.9. The van der Waals surface area contributed by atoms with Gasteiger partial charge in [-0.2, -0.15) is 0 Å². The largest absolute Gasteiger partial charge is 0.484 e. The van der Waals surface area contributed by atoms with Gasteiger partial charge in [0.25, 0.3) is 11.8 Å². The molecule has 0 aliphatic heterocycles. The van der Waals surface area contributed by atoms with Crippen molar-refractivity contribution in [3.05, 3.63) is 60.2 Å². The molecule has 1 saturated carbocycles. The Bertz CT molecular complexity index is 954. The minimum Gasteiger partial charge on any atom is -0.484 e. The zero-order valence-electron chi connectivity index (χ0n) is 20.3. The van der Waals surface area contributed by atoms with E-state index in [1.807, 2.05) is 44.0 Å². The van der Waals surface area contributed by atoms with Crippen molar-refractivity contribution in [3.63, 3.8) is 0 Å². The smallest absolute Gasteiger partial charge is 0.258 e. The molecule has 0 spiro atoms. The molecule has 0 aromatic heterocycles. The Morgan fingerprint density at radius 1 is 0.971 bits per heavy atom. The highest BCUT2D eigenvalue weighted by molar-refractivity contribution is 5.98. The van der Waals surface area contributed by atoms with Crippen LogP contribution in [0.2, 0.25) is 0 Å². The number of anilines is 1. The van der Waals surface area contributed by atoms with Crippen LogP contribution in [0.25, 0.3) is 0 Å². The Morgan fingerprint density at radius 2 is 1.62 bits per heavy atom. The minimum absolute atomic E-state index is 0.00415. The number of hydrogen-bond acceptors (Lipinski definition) is 4. The van der Waals surface area contributed by atoms with Gasteiger partial charge in [0.1, 0.15) is 11.8 Å². The van der Waals surface area contributed by atoms with Crippen LogP contribution in [0, 0.1) is 5.92 Å². The van der Waals surface area contributed by atoms with E-state index in [2.05, 4.69) is 10.6 Å². The van der Waals surface area contributed by atoms with Crippen molar-refractivity contribution >= 4 is 23.4 Å². The Balaban J connectivity index is 1.54. The molecule has 3 rings (SSSR count). The molecule has 0 bridgehead atoms. The number of nitrogens with one attached hydrogen (secondary N) is 2. The van der Waals surface area contributed by atoms with Gasteiger partial charge in [-0.05, 0) is 55.2 Å². The maximum atomic E-state index is 12.9. The second-order valence-electron chi connectivity index (χ2n) is 9.17. The third-order valence-corrected chi connectivity index (χ3v) is 6.22. The summed E-state index contributed by atoms with van der Waals surface area (Å²) in [5.74, 6) is -0.223. The molecule has 1 aliphatic carbocycles. The molecule has 1 aliphatic rings. The number of hydrogen-bond donors (Lipinski definition) is 2. The molecule has 2 N–H and O–H groups in total. The number of rotatable bonds is 9. The van der Waals surface area contributed by atoms with Gasteiger partial charge in [0, 0.05) is 24.3 Å². The molecule has 0 heterocycles. The van der Waals surface area contributed by atoms with Crippen LogP contribution in [-0.4, -0.2) is 48.4 Å². The molecule has 0 radical (unpaired) electrons. The normalized spacial score (nSPS) is 14.8. The third-order valence-electron chi connectivity index (χ3n) is 6.22. The number of para-hydroxylation sites is 1. The quantitative estimate of drug-likeness (QED) is 0.580. The molecule has 1 unspecified atom stereocenters. The van der Waals surface area contributed by atoms with E-state index in [-0.39, 0.29) is 30.2 Å². The Morgan fingerprint density at radius 3 is 2.24 bits per heavy atom. The van der Waals surface area contributed by atoms with Crippen LogP contribution in [0.3, 0.4) is 0 Å². The predicted octanol–water partition coefficient (Wildman–Crippen LogP) is 4.25.